The Bertz CT molecular complexity index is 535. The van der Waals surface area contributed by atoms with Crippen molar-refractivity contribution in [3.63, 3.8) is 0 Å². The molecule has 1 aromatic carbocycles. The van der Waals surface area contributed by atoms with Crippen LogP contribution in [0, 0.1) is 11.7 Å². The largest absolute Gasteiger partial charge is 0.494 e. The zero-order valence-corrected chi connectivity index (χ0v) is 12.2. The molecule has 2 rings (SSSR count). The normalized spacial score (nSPS) is 18.4. The molecule has 1 aromatic rings. The molecule has 20 heavy (non-hydrogen) atoms. The van der Waals surface area contributed by atoms with Gasteiger partial charge >= 0.3 is 0 Å². The zero-order valence-electron chi connectivity index (χ0n) is 11.4. The summed E-state index contributed by atoms with van der Waals surface area (Å²) in [6.45, 7) is 1.93. The van der Waals surface area contributed by atoms with Crippen molar-refractivity contribution in [3.05, 3.63) is 24.0 Å². The summed E-state index contributed by atoms with van der Waals surface area (Å²) in [6.07, 6.45) is 0.344. The molecular weight excluding hydrogens is 281 g/mol. The predicted octanol–water partition coefficient (Wildman–Crippen LogP) is 2.47. The second kappa shape index (κ2) is 6.26. The lowest BCUT2D eigenvalue weighted by Gasteiger charge is -2.18. The number of benzene rings is 1. The van der Waals surface area contributed by atoms with Crippen LogP contribution in [0.15, 0.2) is 18.2 Å². The van der Waals surface area contributed by atoms with Crippen LogP contribution >= 0.6 is 11.8 Å². The number of ether oxygens (including phenoxy) is 1. The molecule has 108 valence electrons. The Kier molecular flexibility index (Phi) is 4.65. The molecule has 0 aliphatic carbocycles. The Hall–Kier alpha value is -1.56. The highest BCUT2D eigenvalue weighted by Gasteiger charge is 2.32. The maximum atomic E-state index is 14.2. The number of anilines is 1. The van der Waals surface area contributed by atoms with Gasteiger partial charge in [-0.15, -0.1) is 0 Å². The number of rotatable bonds is 4. The van der Waals surface area contributed by atoms with Crippen molar-refractivity contribution in [3.8, 4) is 5.75 Å². The standard InChI is InChI=1S/C14H16FNO3S/c1-9(17)20-8-10-6-13(18)16(7-10)11-4-3-5-12(19-2)14(11)15/h3-5,10H,6-8H2,1-2H3. The van der Waals surface area contributed by atoms with E-state index < -0.39 is 5.82 Å². The van der Waals surface area contributed by atoms with Crippen LogP contribution in [0.5, 0.6) is 5.75 Å². The van der Waals surface area contributed by atoms with Gasteiger partial charge in [-0.2, -0.15) is 0 Å². The van der Waals surface area contributed by atoms with E-state index >= 15 is 0 Å². The summed E-state index contributed by atoms with van der Waals surface area (Å²) in [6, 6.07) is 4.74. The summed E-state index contributed by atoms with van der Waals surface area (Å²) < 4.78 is 19.1. The topological polar surface area (TPSA) is 46.6 Å². The maximum Gasteiger partial charge on any atom is 0.227 e. The van der Waals surface area contributed by atoms with Gasteiger partial charge in [0.2, 0.25) is 5.91 Å². The number of halogens is 1. The third kappa shape index (κ3) is 3.12. The fourth-order valence-electron chi connectivity index (χ4n) is 2.23. The quantitative estimate of drug-likeness (QED) is 0.856. The molecule has 0 saturated carbocycles. The molecule has 1 fully saturated rings. The zero-order chi connectivity index (χ0) is 14.7. The van der Waals surface area contributed by atoms with Crippen molar-refractivity contribution in [2.24, 2.45) is 5.92 Å². The molecule has 1 saturated heterocycles. The van der Waals surface area contributed by atoms with Crippen LogP contribution in [0.4, 0.5) is 10.1 Å². The highest BCUT2D eigenvalue weighted by atomic mass is 32.2. The van der Waals surface area contributed by atoms with Gasteiger partial charge in [-0.1, -0.05) is 17.8 Å². The Labute approximate surface area is 121 Å². The summed E-state index contributed by atoms with van der Waals surface area (Å²) in [5, 5.41) is 0.0310. The molecule has 0 bridgehead atoms. The fourth-order valence-corrected chi connectivity index (χ4v) is 2.92. The average Bonchev–Trinajstić information content (AvgIpc) is 2.78. The van der Waals surface area contributed by atoms with Gasteiger partial charge in [-0.3, -0.25) is 9.59 Å². The van der Waals surface area contributed by atoms with Crippen LogP contribution in [0.25, 0.3) is 0 Å². The molecule has 1 aliphatic heterocycles. The van der Waals surface area contributed by atoms with Crippen LogP contribution in [-0.4, -0.2) is 30.4 Å². The molecule has 1 amide bonds. The first-order valence-electron chi connectivity index (χ1n) is 6.29. The lowest BCUT2D eigenvalue weighted by Crippen LogP contribution is -2.25. The molecule has 0 N–H and O–H groups in total. The minimum atomic E-state index is -0.525. The van der Waals surface area contributed by atoms with Crippen molar-refractivity contribution in [2.75, 3.05) is 24.3 Å². The molecule has 1 unspecified atom stereocenters. The lowest BCUT2D eigenvalue weighted by molar-refractivity contribution is -0.117. The van der Waals surface area contributed by atoms with E-state index in [4.69, 9.17) is 4.74 Å². The van der Waals surface area contributed by atoms with E-state index in [0.717, 1.165) is 0 Å². The van der Waals surface area contributed by atoms with E-state index in [1.165, 1.54) is 36.8 Å². The third-order valence-electron chi connectivity index (χ3n) is 3.18. The molecule has 4 nitrogen and oxygen atoms in total. The predicted molar refractivity (Wildman–Crippen MR) is 76.6 cm³/mol. The van der Waals surface area contributed by atoms with E-state index in [9.17, 15) is 14.0 Å². The third-order valence-corrected chi connectivity index (χ3v) is 4.23. The average molecular weight is 297 g/mol. The highest BCUT2D eigenvalue weighted by Crippen LogP contribution is 2.32. The lowest BCUT2D eigenvalue weighted by atomic mass is 10.1. The van der Waals surface area contributed by atoms with Gasteiger partial charge in [-0.25, -0.2) is 4.39 Å². The number of hydrogen-bond acceptors (Lipinski definition) is 4. The van der Waals surface area contributed by atoms with Crippen molar-refractivity contribution in [1.82, 2.24) is 0 Å². The number of carbonyl (C=O) groups is 2. The van der Waals surface area contributed by atoms with Gasteiger partial charge < -0.3 is 9.64 Å². The number of amides is 1. The number of hydrogen-bond donors (Lipinski definition) is 0. The van der Waals surface area contributed by atoms with Gasteiger partial charge in [0.1, 0.15) is 0 Å². The van der Waals surface area contributed by atoms with E-state index in [1.54, 1.807) is 12.1 Å². The fraction of sp³-hybridized carbons (Fsp3) is 0.429. The van der Waals surface area contributed by atoms with Gasteiger partial charge in [0.15, 0.2) is 16.7 Å². The Balaban J connectivity index is 2.14. The molecule has 1 aliphatic rings. The molecule has 0 spiro atoms. The number of nitrogens with zero attached hydrogens (tertiary/aromatic N) is 1. The molecule has 0 aromatic heterocycles. The van der Waals surface area contributed by atoms with Gasteiger partial charge in [0, 0.05) is 25.6 Å². The van der Waals surface area contributed by atoms with Crippen molar-refractivity contribution >= 4 is 28.5 Å². The van der Waals surface area contributed by atoms with E-state index in [0.29, 0.717) is 18.7 Å². The van der Waals surface area contributed by atoms with Crippen LogP contribution in [0.3, 0.4) is 0 Å². The molecule has 0 radical (unpaired) electrons. The Morgan fingerprint density at radius 2 is 2.30 bits per heavy atom. The van der Waals surface area contributed by atoms with Crippen LogP contribution < -0.4 is 9.64 Å². The Morgan fingerprint density at radius 3 is 2.95 bits per heavy atom. The summed E-state index contributed by atoms with van der Waals surface area (Å²) >= 11 is 1.20. The molecule has 6 heteroatoms. The highest BCUT2D eigenvalue weighted by molar-refractivity contribution is 8.13. The minimum Gasteiger partial charge on any atom is -0.494 e. The number of methoxy groups -OCH3 is 1. The minimum absolute atomic E-state index is 0.0310. The molecule has 1 atom stereocenters. The second-order valence-corrected chi connectivity index (χ2v) is 5.87. The summed E-state index contributed by atoms with van der Waals surface area (Å²) in [5.41, 5.74) is 0.240. The van der Waals surface area contributed by atoms with E-state index in [2.05, 4.69) is 0 Å². The summed E-state index contributed by atoms with van der Waals surface area (Å²) in [7, 11) is 1.39. The maximum absolute atomic E-state index is 14.2. The van der Waals surface area contributed by atoms with Gasteiger partial charge in [0.25, 0.3) is 0 Å². The van der Waals surface area contributed by atoms with Crippen LogP contribution in [0.1, 0.15) is 13.3 Å². The van der Waals surface area contributed by atoms with Crippen LogP contribution in [0.2, 0.25) is 0 Å². The van der Waals surface area contributed by atoms with Crippen molar-refractivity contribution < 1.29 is 18.7 Å². The number of thioether (sulfide) groups is 1. The summed E-state index contributed by atoms with van der Waals surface area (Å²) in [5.74, 6) is 0.136. The first-order valence-corrected chi connectivity index (χ1v) is 7.27. The van der Waals surface area contributed by atoms with Crippen molar-refractivity contribution in [2.45, 2.75) is 13.3 Å². The first kappa shape index (κ1) is 14.8. The second-order valence-electron chi connectivity index (χ2n) is 4.67. The Morgan fingerprint density at radius 1 is 1.55 bits per heavy atom. The van der Waals surface area contributed by atoms with Gasteiger partial charge in [-0.05, 0) is 18.1 Å². The van der Waals surface area contributed by atoms with Crippen molar-refractivity contribution in [1.29, 1.82) is 0 Å². The first-order chi connectivity index (χ1) is 9.52. The molecular formula is C14H16FNO3S. The monoisotopic (exact) mass is 297 g/mol. The SMILES string of the molecule is COc1cccc(N2CC(CSC(C)=O)CC2=O)c1F. The molecule has 1 heterocycles. The van der Waals surface area contributed by atoms with E-state index in [1.807, 2.05) is 0 Å². The summed E-state index contributed by atoms with van der Waals surface area (Å²) in [4.78, 5) is 24.4. The van der Waals surface area contributed by atoms with E-state index in [-0.39, 0.29) is 28.4 Å². The van der Waals surface area contributed by atoms with Crippen LogP contribution in [-0.2, 0) is 9.59 Å². The number of carbonyl (C=O) groups excluding carboxylic acids is 2. The van der Waals surface area contributed by atoms with Gasteiger partial charge in [0.05, 0.1) is 12.8 Å². The smallest absolute Gasteiger partial charge is 0.227 e.